The van der Waals surface area contributed by atoms with Gasteiger partial charge < -0.3 is 14.8 Å². The number of carbonyl (C=O) groups is 1. The molecule has 5 heteroatoms. The molecule has 2 N–H and O–H groups in total. The molecule has 26 heavy (non-hydrogen) atoms. The summed E-state index contributed by atoms with van der Waals surface area (Å²) in [4.78, 5) is 23.2. The van der Waals surface area contributed by atoms with E-state index in [0.29, 0.717) is 6.54 Å². The number of carbonyl (C=O) groups excluding carboxylic acids is 1. The Labute approximate surface area is 157 Å². The zero-order chi connectivity index (χ0) is 19.4. The predicted octanol–water partition coefficient (Wildman–Crippen LogP) is 5.16. The summed E-state index contributed by atoms with van der Waals surface area (Å²) < 4.78 is 1.34. The second-order valence-electron chi connectivity index (χ2n) is 7.16. The van der Waals surface area contributed by atoms with Crippen LogP contribution in [0.25, 0.3) is 0 Å². The molecule has 0 atom stereocenters. The Hall–Kier alpha value is -1.78. The van der Waals surface area contributed by atoms with Gasteiger partial charge in [-0.1, -0.05) is 77.6 Å². The first-order valence-electron chi connectivity index (χ1n) is 10.2. The van der Waals surface area contributed by atoms with Gasteiger partial charge >= 0.3 is 0 Å². The summed E-state index contributed by atoms with van der Waals surface area (Å²) in [5.41, 5.74) is -0.822. The molecule has 1 heterocycles. The smallest absolute Gasteiger partial charge is 0.227 e. The molecule has 0 spiro atoms. The number of nitrogens with zero attached hydrogens (tertiary/aromatic N) is 1. The molecule has 1 aromatic rings. The van der Waals surface area contributed by atoms with Gasteiger partial charge in [-0.3, -0.25) is 9.59 Å². The molecule has 0 fully saturated rings. The second kappa shape index (κ2) is 12.6. The van der Waals surface area contributed by atoms with Crippen molar-refractivity contribution >= 4 is 5.78 Å². The lowest BCUT2D eigenvalue weighted by atomic mass is 10.1. The molecule has 1 aromatic heterocycles. The van der Waals surface area contributed by atoms with E-state index in [-0.39, 0.29) is 11.6 Å². The summed E-state index contributed by atoms with van der Waals surface area (Å²) in [5.74, 6) is -1.26. The van der Waals surface area contributed by atoms with Crippen LogP contribution in [0.3, 0.4) is 0 Å². The number of pyridine rings is 1. The lowest BCUT2D eigenvalue weighted by Gasteiger charge is -2.14. The van der Waals surface area contributed by atoms with Gasteiger partial charge in [-0.15, -0.1) is 0 Å². The third-order valence-electron chi connectivity index (χ3n) is 4.83. The van der Waals surface area contributed by atoms with E-state index in [9.17, 15) is 19.8 Å². The highest BCUT2D eigenvalue weighted by Gasteiger charge is 2.17. The number of Topliss-reactive ketones (excluding diaryl/α,β-unsaturated/α-hetero) is 1. The number of rotatable bonds is 14. The SMILES string of the molecule is CCCCCCCCCCCCCCn1c(O)cc(=O)c(O)c1C(C)=O. The van der Waals surface area contributed by atoms with Crippen LogP contribution >= 0.6 is 0 Å². The maximum absolute atomic E-state index is 11.7. The van der Waals surface area contributed by atoms with E-state index < -0.39 is 17.0 Å². The Bertz CT molecular complexity index is 607. The van der Waals surface area contributed by atoms with Gasteiger partial charge in [0.2, 0.25) is 5.43 Å². The molecule has 0 unspecified atom stereocenters. The van der Waals surface area contributed by atoms with Crippen LogP contribution in [0.15, 0.2) is 10.9 Å². The van der Waals surface area contributed by atoms with Crippen molar-refractivity contribution in [2.75, 3.05) is 0 Å². The molecule has 1 rings (SSSR count). The van der Waals surface area contributed by atoms with Crippen LogP contribution in [-0.4, -0.2) is 20.6 Å². The fraction of sp³-hybridized carbons (Fsp3) is 0.714. The Morgan fingerprint density at radius 3 is 1.81 bits per heavy atom. The first-order chi connectivity index (χ1) is 12.5. The van der Waals surface area contributed by atoms with E-state index in [1.54, 1.807) is 0 Å². The third kappa shape index (κ3) is 7.63. The van der Waals surface area contributed by atoms with Gasteiger partial charge in [0.1, 0.15) is 5.69 Å². The highest BCUT2D eigenvalue weighted by molar-refractivity contribution is 5.95. The molecule has 0 aromatic carbocycles. The summed E-state index contributed by atoms with van der Waals surface area (Å²) in [6.45, 7) is 3.95. The number of hydrogen-bond acceptors (Lipinski definition) is 4. The maximum atomic E-state index is 11.7. The van der Waals surface area contributed by atoms with Crippen LogP contribution in [-0.2, 0) is 6.54 Å². The molecule has 0 aliphatic heterocycles. The third-order valence-corrected chi connectivity index (χ3v) is 4.83. The first kappa shape index (κ1) is 22.3. The van der Waals surface area contributed by atoms with Crippen molar-refractivity contribution in [1.29, 1.82) is 0 Å². The topological polar surface area (TPSA) is 79.5 Å². The summed E-state index contributed by atoms with van der Waals surface area (Å²) in [6.07, 6.45) is 14.7. The summed E-state index contributed by atoms with van der Waals surface area (Å²) >= 11 is 0. The number of unbranched alkanes of at least 4 members (excludes halogenated alkanes) is 11. The fourth-order valence-electron chi connectivity index (χ4n) is 3.32. The minimum Gasteiger partial charge on any atom is -0.503 e. The maximum Gasteiger partial charge on any atom is 0.227 e. The fourth-order valence-corrected chi connectivity index (χ4v) is 3.32. The highest BCUT2D eigenvalue weighted by Crippen LogP contribution is 2.20. The first-order valence-corrected chi connectivity index (χ1v) is 10.2. The molecule has 0 bridgehead atoms. The van der Waals surface area contributed by atoms with Gasteiger partial charge in [-0.05, 0) is 6.42 Å². The summed E-state index contributed by atoms with van der Waals surface area (Å²) in [7, 11) is 0. The molecule has 0 aliphatic carbocycles. The molecular formula is C21H35NO4. The molecule has 0 radical (unpaired) electrons. The van der Waals surface area contributed by atoms with E-state index >= 15 is 0 Å². The van der Waals surface area contributed by atoms with Crippen molar-refractivity contribution < 1.29 is 15.0 Å². The minimum absolute atomic E-state index is 0.0990. The van der Waals surface area contributed by atoms with Crippen LogP contribution in [0.1, 0.15) is 101 Å². The van der Waals surface area contributed by atoms with Crippen molar-refractivity contribution in [2.45, 2.75) is 97.4 Å². The normalized spacial score (nSPS) is 11.0. The number of aromatic hydroxyl groups is 2. The zero-order valence-corrected chi connectivity index (χ0v) is 16.4. The molecule has 0 saturated heterocycles. The van der Waals surface area contributed by atoms with Gasteiger partial charge in [0.25, 0.3) is 0 Å². The minimum atomic E-state index is -0.723. The van der Waals surface area contributed by atoms with E-state index in [4.69, 9.17) is 0 Å². The average Bonchev–Trinajstić information content (AvgIpc) is 2.59. The molecule has 0 aliphatic rings. The Morgan fingerprint density at radius 2 is 1.35 bits per heavy atom. The van der Waals surface area contributed by atoms with E-state index in [2.05, 4.69) is 6.92 Å². The number of aromatic nitrogens is 1. The van der Waals surface area contributed by atoms with Gasteiger partial charge in [0.05, 0.1) is 0 Å². The summed E-state index contributed by atoms with van der Waals surface area (Å²) in [5, 5.41) is 19.7. The second-order valence-corrected chi connectivity index (χ2v) is 7.16. The van der Waals surface area contributed by atoms with Crippen LogP contribution in [0.2, 0.25) is 0 Å². The van der Waals surface area contributed by atoms with Crippen LogP contribution in [0, 0.1) is 0 Å². The van der Waals surface area contributed by atoms with Crippen LogP contribution in [0.5, 0.6) is 11.6 Å². The zero-order valence-electron chi connectivity index (χ0n) is 16.4. The molecule has 0 saturated carbocycles. The van der Waals surface area contributed by atoms with Gasteiger partial charge in [-0.2, -0.15) is 0 Å². The van der Waals surface area contributed by atoms with Crippen molar-refractivity contribution in [3.63, 3.8) is 0 Å². The van der Waals surface area contributed by atoms with Crippen LogP contribution < -0.4 is 5.43 Å². The van der Waals surface area contributed by atoms with Crippen molar-refractivity contribution in [1.82, 2.24) is 4.57 Å². The van der Waals surface area contributed by atoms with E-state index in [1.165, 1.54) is 69.3 Å². The van der Waals surface area contributed by atoms with Gasteiger partial charge in [-0.25, -0.2) is 0 Å². The lowest BCUT2D eigenvalue weighted by molar-refractivity contribution is 0.0998. The summed E-state index contributed by atoms with van der Waals surface area (Å²) in [6, 6.07) is 0.961. The number of ketones is 1. The molecule has 148 valence electrons. The largest absolute Gasteiger partial charge is 0.503 e. The highest BCUT2D eigenvalue weighted by atomic mass is 16.3. The van der Waals surface area contributed by atoms with Crippen molar-refractivity contribution in [3.05, 3.63) is 22.0 Å². The molecular weight excluding hydrogens is 330 g/mol. The van der Waals surface area contributed by atoms with E-state index in [0.717, 1.165) is 25.3 Å². The quantitative estimate of drug-likeness (QED) is 0.352. The van der Waals surface area contributed by atoms with Gasteiger partial charge in [0, 0.05) is 19.5 Å². The standard InChI is InChI=1S/C21H35NO4/c1-3-4-5-6-7-8-9-10-11-12-13-14-15-22-19(25)16-18(24)21(26)20(22)17(2)23/h16,25-26H,3-15H2,1-2H3. The Kier molecular flexibility index (Phi) is 10.7. The number of hydrogen-bond donors (Lipinski definition) is 2. The molecule has 0 amide bonds. The predicted molar refractivity (Wildman–Crippen MR) is 105 cm³/mol. The monoisotopic (exact) mass is 365 g/mol. The average molecular weight is 366 g/mol. The van der Waals surface area contributed by atoms with Crippen LogP contribution in [0.4, 0.5) is 0 Å². The van der Waals surface area contributed by atoms with E-state index in [1.807, 2.05) is 0 Å². The molecule has 5 nitrogen and oxygen atoms in total. The Balaban J connectivity index is 2.24. The lowest BCUT2D eigenvalue weighted by Crippen LogP contribution is -2.16. The van der Waals surface area contributed by atoms with Gasteiger partial charge in [0.15, 0.2) is 17.4 Å². The Morgan fingerprint density at radius 1 is 0.885 bits per heavy atom. The van der Waals surface area contributed by atoms with Crippen molar-refractivity contribution in [3.8, 4) is 11.6 Å². The van der Waals surface area contributed by atoms with Crippen molar-refractivity contribution in [2.24, 2.45) is 0 Å².